The molecule has 36 heavy (non-hydrogen) atoms. The molecule has 0 spiro atoms. The van der Waals surface area contributed by atoms with E-state index in [4.69, 9.17) is 27.9 Å². The fourth-order valence-corrected chi connectivity index (χ4v) is 4.24. The summed E-state index contributed by atoms with van der Waals surface area (Å²) in [6.45, 7) is 0.137. The van der Waals surface area contributed by atoms with Gasteiger partial charge < -0.3 is 15.4 Å². The fourth-order valence-electron chi connectivity index (χ4n) is 3.41. The number of nitrogens with zero attached hydrogens (tertiary/aromatic N) is 1. The third-order valence-corrected chi connectivity index (χ3v) is 6.25. The Balaban J connectivity index is 1.55. The molecule has 0 aliphatic rings. The summed E-state index contributed by atoms with van der Waals surface area (Å²) in [5.41, 5.74) is 4.24. The van der Waals surface area contributed by atoms with E-state index >= 15 is 0 Å². The van der Waals surface area contributed by atoms with Crippen LogP contribution in [0.2, 0.25) is 10.0 Å². The van der Waals surface area contributed by atoms with Gasteiger partial charge in [0.25, 0.3) is 5.91 Å². The number of rotatable bonds is 6. The molecule has 0 aliphatic carbocycles. The Morgan fingerprint density at radius 1 is 0.944 bits per heavy atom. The first kappa shape index (κ1) is 25.6. The van der Waals surface area contributed by atoms with Crippen molar-refractivity contribution in [1.29, 1.82) is 0 Å². The van der Waals surface area contributed by atoms with Crippen LogP contribution in [0.4, 0.5) is 5.69 Å². The van der Waals surface area contributed by atoms with Crippen molar-refractivity contribution in [3.05, 3.63) is 92.5 Å². The predicted octanol–water partition coefficient (Wildman–Crippen LogP) is 5.36. The molecule has 8 nitrogen and oxygen atoms in total. The molecule has 1 aromatic heterocycles. The Morgan fingerprint density at radius 2 is 1.69 bits per heavy atom. The van der Waals surface area contributed by atoms with Gasteiger partial charge in [0.2, 0.25) is 0 Å². The zero-order chi connectivity index (χ0) is 25.8. The monoisotopic (exact) mass is 588 g/mol. The number of aromatic nitrogens is 1. The number of nitrogens with one attached hydrogen (secondary N) is 3. The van der Waals surface area contributed by atoms with Crippen molar-refractivity contribution in [3.8, 4) is 5.75 Å². The number of benzene rings is 3. The number of amides is 3. The quantitative estimate of drug-likeness (QED) is 0.264. The minimum absolute atomic E-state index is 0.0884. The molecule has 0 bridgehead atoms. The normalized spacial score (nSPS) is 10.7. The lowest BCUT2D eigenvalue weighted by molar-refractivity contribution is -0.136. The maximum absolute atomic E-state index is 13.1. The van der Waals surface area contributed by atoms with Crippen LogP contribution in [0.1, 0.15) is 16.1 Å². The fraction of sp³-hybridized carbons (Fsp3) is 0.0800. The van der Waals surface area contributed by atoms with E-state index in [9.17, 15) is 14.4 Å². The van der Waals surface area contributed by atoms with E-state index < -0.39 is 17.7 Å². The lowest BCUT2D eigenvalue weighted by Gasteiger charge is -2.13. The average Bonchev–Trinajstić information content (AvgIpc) is 3.21. The molecule has 4 rings (SSSR count). The second-order valence-corrected chi connectivity index (χ2v) is 9.38. The van der Waals surface area contributed by atoms with Gasteiger partial charge in [-0.1, -0.05) is 51.3 Å². The number of hydrogen-bond donors (Lipinski definition) is 3. The van der Waals surface area contributed by atoms with E-state index in [2.05, 4.69) is 32.0 Å². The van der Waals surface area contributed by atoms with Crippen LogP contribution >= 0.6 is 39.1 Å². The molecule has 11 heteroatoms. The molecular formula is C25H19BrCl2N4O4. The summed E-state index contributed by atoms with van der Waals surface area (Å²) in [7, 11) is 1.56. The second kappa shape index (κ2) is 11.0. The van der Waals surface area contributed by atoms with Crippen LogP contribution in [0.3, 0.4) is 0 Å². The molecule has 184 valence electrons. The third-order valence-electron chi connectivity index (χ3n) is 5.21. The van der Waals surface area contributed by atoms with E-state index in [0.717, 1.165) is 10.0 Å². The Morgan fingerprint density at radius 3 is 2.39 bits per heavy atom. The molecule has 0 unspecified atom stereocenters. The molecule has 3 amide bonds. The molecule has 0 radical (unpaired) electrons. The number of carbonyl (C=O) groups excluding carboxylic acids is 3. The molecule has 0 atom stereocenters. The van der Waals surface area contributed by atoms with Gasteiger partial charge in [0.1, 0.15) is 11.4 Å². The lowest BCUT2D eigenvalue weighted by Crippen LogP contribution is -2.39. The molecular weight excluding hydrogens is 571 g/mol. The van der Waals surface area contributed by atoms with Gasteiger partial charge in [0.15, 0.2) is 0 Å². The van der Waals surface area contributed by atoms with Crippen molar-refractivity contribution >= 4 is 73.4 Å². The number of anilines is 1. The van der Waals surface area contributed by atoms with E-state index in [1.807, 2.05) is 0 Å². The highest BCUT2D eigenvalue weighted by atomic mass is 79.9. The Kier molecular flexibility index (Phi) is 7.83. The Hall–Kier alpha value is -3.53. The zero-order valence-corrected chi connectivity index (χ0v) is 21.9. The summed E-state index contributed by atoms with van der Waals surface area (Å²) in [4.78, 5) is 38.4. The van der Waals surface area contributed by atoms with E-state index in [0.29, 0.717) is 27.4 Å². The maximum atomic E-state index is 13.1. The summed E-state index contributed by atoms with van der Waals surface area (Å²) in [5, 5.41) is 6.60. The van der Waals surface area contributed by atoms with Crippen molar-refractivity contribution < 1.29 is 19.1 Å². The van der Waals surface area contributed by atoms with Crippen molar-refractivity contribution in [1.82, 2.24) is 9.99 Å². The van der Waals surface area contributed by atoms with Crippen LogP contribution in [0.25, 0.3) is 10.9 Å². The smallest absolute Gasteiger partial charge is 0.328 e. The number of hydrogen-bond acceptors (Lipinski definition) is 4. The average molecular weight is 590 g/mol. The van der Waals surface area contributed by atoms with Crippen LogP contribution in [-0.2, 0) is 16.1 Å². The number of methoxy groups -OCH3 is 1. The topological polar surface area (TPSA) is 101 Å². The summed E-state index contributed by atoms with van der Waals surface area (Å²) in [6.07, 6.45) is 0. The highest BCUT2D eigenvalue weighted by Gasteiger charge is 2.21. The second-order valence-electron chi connectivity index (χ2n) is 7.62. The van der Waals surface area contributed by atoms with Gasteiger partial charge in [-0.3, -0.25) is 19.8 Å². The van der Waals surface area contributed by atoms with Gasteiger partial charge in [0.05, 0.1) is 23.3 Å². The van der Waals surface area contributed by atoms with Crippen molar-refractivity contribution in [2.45, 2.75) is 6.54 Å². The van der Waals surface area contributed by atoms with Crippen LogP contribution < -0.4 is 20.8 Å². The molecule has 1 heterocycles. The number of ether oxygens (including phenoxy) is 1. The molecule has 0 saturated heterocycles. The number of fused-ring (bicyclic) bond motifs is 1. The van der Waals surface area contributed by atoms with Crippen LogP contribution in [0.15, 0.2) is 71.2 Å². The highest BCUT2D eigenvalue weighted by molar-refractivity contribution is 9.10. The zero-order valence-electron chi connectivity index (χ0n) is 18.8. The van der Waals surface area contributed by atoms with Gasteiger partial charge in [0, 0.05) is 21.4 Å². The molecule has 0 fully saturated rings. The SMILES string of the molecule is COc1ccc(CNC(=O)C(=O)Nn2c(C(=O)Nc3ccc(Cl)cc3Cl)cc3cc(Br)ccc32)cc1. The standard InChI is InChI=1S/C25H19BrCl2N4O4/c1-36-18-6-2-14(3-7-18)13-29-24(34)25(35)31-32-21-9-4-16(26)10-15(21)11-22(32)23(33)30-20-8-5-17(27)12-19(20)28/h2-12H,13H2,1H3,(H,29,34)(H,30,33)(H,31,35). The molecule has 3 N–H and O–H groups in total. The minimum Gasteiger partial charge on any atom is -0.497 e. The Labute approximate surface area is 224 Å². The van der Waals surface area contributed by atoms with Gasteiger partial charge >= 0.3 is 11.8 Å². The van der Waals surface area contributed by atoms with E-state index in [1.165, 1.54) is 10.7 Å². The third kappa shape index (κ3) is 5.81. The van der Waals surface area contributed by atoms with E-state index in [-0.39, 0.29) is 17.3 Å². The minimum atomic E-state index is -0.942. The summed E-state index contributed by atoms with van der Waals surface area (Å²) in [5.74, 6) is -1.68. The van der Waals surface area contributed by atoms with Crippen LogP contribution in [0.5, 0.6) is 5.75 Å². The lowest BCUT2D eigenvalue weighted by atomic mass is 10.2. The van der Waals surface area contributed by atoms with E-state index in [1.54, 1.807) is 67.8 Å². The van der Waals surface area contributed by atoms with Crippen molar-refractivity contribution in [2.75, 3.05) is 17.9 Å². The van der Waals surface area contributed by atoms with Gasteiger partial charge in [-0.05, 0) is 60.2 Å². The molecule has 4 aromatic rings. The largest absolute Gasteiger partial charge is 0.497 e. The predicted molar refractivity (Wildman–Crippen MR) is 143 cm³/mol. The Bertz CT molecular complexity index is 1470. The maximum Gasteiger partial charge on any atom is 0.328 e. The molecule has 0 aliphatic heterocycles. The molecule has 3 aromatic carbocycles. The van der Waals surface area contributed by atoms with Gasteiger partial charge in [-0.2, -0.15) is 0 Å². The van der Waals surface area contributed by atoms with Crippen LogP contribution in [0, 0.1) is 0 Å². The number of halogens is 3. The first-order valence-corrected chi connectivity index (χ1v) is 12.1. The summed E-state index contributed by atoms with van der Waals surface area (Å²) >= 11 is 15.5. The molecule has 0 saturated carbocycles. The summed E-state index contributed by atoms with van der Waals surface area (Å²) < 4.78 is 7.15. The van der Waals surface area contributed by atoms with Crippen molar-refractivity contribution in [3.63, 3.8) is 0 Å². The first-order valence-electron chi connectivity index (χ1n) is 10.5. The highest BCUT2D eigenvalue weighted by Crippen LogP contribution is 2.27. The van der Waals surface area contributed by atoms with Crippen molar-refractivity contribution in [2.24, 2.45) is 0 Å². The van der Waals surface area contributed by atoms with Crippen LogP contribution in [-0.4, -0.2) is 29.5 Å². The first-order chi connectivity index (χ1) is 17.2. The summed E-state index contributed by atoms with van der Waals surface area (Å²) in [6, 6.07) is 18.6. The number of carbonyl (C=O) groups is 3. The van der Waals surface area contributed by atoms with Gasteiger partial charge in [-0.25, -0.2) is 4.68 Å². The van der Waals surface area contributed by atoms with Gasteiger partial charge in [-0.15, -0.1) is 0 Å².